The van der Waals surface area contributed by atoms with Crippen molar-refractivity contribution < 1.29 is 0 Å². The molecule has 0 fully saturated rings. The Hall–Kier alpha value is -0.910. The Morgan fingerprint density at radius 1 is 0.955 bits per heavy atom. The first-order valence-electron chi connectivity index (χ1n) is 6.78. The van der Waals surface area contributed by atoms with Crippen molar-refractivity contribution >= 4 is 47.8 Å². The molecular weight excluding hydrogens is 472 g/mol. The van der Waals surface area contributed by atoms with Crippen molar-refractivity contribution in [3.63, 3.8) is 0 Å². The molecule has 3 aromatic rings. The molecule has 0 aliphatic heterocycles. The second-order valence-corrected chi connectivity index (χ2v) is 7.77. The Bertz CT molecular complexity index is 807. The van der Waals surface area contributed by atoms with E-state index in [9.17, 15) is 0 Å². The fraction of sp³-hybridized carbons (Fsp3) is 0.118. The third-order valence-corrected chi connectivity index (χ3v) is 5.12. The van der Waals surface area contributed by atoms with Gasteiger partial charge in [0.05, 0.1) is 5.69 Å². The first-order chi connectivity index (χ1) is 10.5. The van der Waals surface area contributed by atoms with Crippen molar-refractivity contribution in [1.82, 2.24) is 9.97 Å². The highest BCUT2D eigenvalue weighted by Gasteiger charge is 2.12. The molecule has 5 heteroatoms. The van der Waals surface area contributed by atoms with Gasteiger partial charge in [0, 0.05) is 31.1 Å². The molecule has 1 heterocycles. The van der Waals surface area contributed by atoms with E-state index in [1.165, 1.54) is 5.56 Å². The smallest absolute Gasteiger partial charge is 0.111 e. The number of imidazole rings is 1. The molecule has 0 amide bonds. The van der Waals surface area contributed by atoms with E-state index >= 15 is 0 Å². The summed E-state index contributed by atoms with van der Waals surface area (Å²) in [6, 6.07) is 14.4. The lowest BCUT2D eigenvalue weighted by atomic mass is 10.1. The van der Waals surface area contributed by atoms with Gasteiger partial charge in [0.1, 0.15) is 5.82 Å². The molecule has 2 nitrogen and oxygen atoms in total. The van der Waals surface area contributed by atoms with Crippen molar-refractivity contribution in [2.24, 2.45) is 0 Å². The van der Waals surface area contributed by atoms with Crippen molar-refractivity contribution in [3.8, 4) is 11.3 Å². The molecule has 0 unspecified atom stereocenters. The van der Waals surface area contributed by atoms with Gasteiger partial charge < -0.3 is 4.98 Å². The summed E-state index contributed by atoms with van der Waals surface area (Å²) in [7, 11) is 0. The molecule has 3 rings (SSSR count). The Kier molecular flexibility index (Phi) is 4.85. The van der Waals surface area contributed by atoms with Gasteiger partial charge in [-0.3, -0.25) is 0 Å². The van der Waals surface area contributed by atoms with Crippen LogP contribution in [0.1, 0.15) is 17.1 Å². The van der Waals surface area contributed by atoms with Crippen LogP contribution in [-0.4, -0.2) is 9.97 Å². The molecule has 1 N–H and O–H groups in total. The Morgan fingerprint density at radius 3 is 2.36 bits per heavy atom. The van der Waals surface area contributed by atoms with E-state index in [1.807, 2.05) is 12.1 Å². The minimum Gasteiger partial charge on any atom is -0.345 e. The molecule has 22 heavy (non-hydrogen) atoms. The zero-order valence-corrected chi connectivity index (χ0v) is 16.6. The molecule has 2 aromatic carbocycles. The highest BCUT2D eigenvalue weighted by Crippen LogP contribution is 2.32. The fourth-order valence-corrected chi connectivity index (χ4v) is 3.40. The summed E-state index contributed by atoms with van der Waals surface area (Å²) in [5.41, 5.74) is 4.38. The number of hydrogen-bond acceptors (Lipinski definition) is 1. The van der Waals surface area contributed by atoms with Crippen molar-refractivity contribution in [1.29, 1.82) is 0 Å². The largest absolute Gasteiger partial charge is 0.345 e. The zero-order valence-electron chi connectivity index (χ0n) is 11.8. The molecule has 112 valence electrons. The van der Waals surface area contributed by atoms with E-state index in [0.717, 1.165) is 42.6 Å². The predicted octanol–water partition coefficient (Wildman–Crippen LogP) is 6.26. The standard InChI is InChI=1S/C17H13Br3N2/c1-10-17(14-9-13(19)6-7-15(14)20)22-16(21-10)8-11-2-4-12(18)5-3-11/h2-7,9H,8H2,1H3,(H,21,22). The second kappa shape index (κ2) is 6.69. The van der Waals surface area contributed by atoms with Crippen LogP contribution in [0.2, 0.25) is 0 Å². The number of nitrogens with zero attached hydrogens (tertiary/aromatic N) is 1. The molecule has 0 saturated heterocycles. The molecular formula is C17H13Br3N2. The van der Waals surface area contributed by atoms with Gasteiger partial charge in [-0.2, -0.15) is 0 Å². The lowest BCUT2D eigenvalue weighted by Gasteiger charge is -2.03. The van der Waals surface area contributed by atoms with Gasteiger partial charge in [0.15, 0.2) is 0 Å². The van der Waals surface area contributed by atoms with Gasteiger partial charge in [0.2, 0.25) is 0 Å². The number of halogens is 3. The number of nitrogens with one attached hydrogen (secondary N) is 1. The summed E-state index contributed by atoms with van der Waals surface area (Å²) in [5, 5.41) is 0. The van der Waals surface area contributed by atoms with Gasteiger partial charge in [-0.15, -0.1) is 0 Å². The SMILES string of the molecule is Cc1[nH]c(Cc2ccc(Br)cc2)nc1-c1cc(Br)ccc1Br. The van der Waals surface area contributed by atoms with Crippen molar-refractivity contribution in [2.75, 3.05) is 0 Å². The summed E-state index contributed by atoms with van der Waals surface area (Å²) >= 11 is 10.6. The van der Waals surface area contributed by atoms with E-state index in [0.29, 0.717) is 0 Å². The number of aromatic amines is 1. The maximum absolute atomic E-state index is 4.78. The Labute approximate surface area is 154 Å². The topological polar surface area (TPSA) is 28.7 Å². The Morgan fingerprint density at radius 2 is 1.64 bits per heavy atom. The van der Waals surface area contributed by atoms with E-state index < -0.39 is 0 Å². The van der Waals surface area contributed by atoms with Crippen molar-refractivity contribution in [2.45, 2.75) is 13.3 Å². The molecule has 0 spiro atoms. The van der Waals surface area contributed by atoms with Gasteiger partial charge in [-0.1, -0.05) is 59.9 Å². The molecule has 0 saturated carbocycles. The monoisotopic (exact) mass is 482 g/mol. The summed E-state index contributed by atoms with van der Waals surface area (Å²) in [4.78, 5) is 8.18. The third kappa shape index (κ3) is 3.53. The maximum atomic E-state index is 4.78. The third-order valence-electron chi connectivity index (χ3n) is 3.40. The van der Waals surface area contributed by atoms with Crippen LogP contribution in [-0.2, 0) is 6.42 Å². The molecule has 0 atom stereocenters. The minimum absolute atomic E-state index is 0.791. The summed E-state index contributed by atoms with van der Waals surface area (Å²) in [6.07, 6.45) is 0.791. The van der Waals surface area contributed by atoms with Gasteiger partial charge in [-0.25, -0.2) is 4.98 Å². The summed E-state index contributed by atoms with van der Waals surface area (Å²) in [6.45, 7) is 2.06. The zero-order chi connectivity index (χ0) is 15.7. The Balaban J connectivity index is 1.93. The fourth-order valence-electron chi connectivity index (χ4n) is 2.34. The average molecular weight is 485 g/mol. The lowest BCUT2D eigenvalue weighted by Crippen LogP contribution is -1.90. The first kappa shape index (κ1) is 16.0. The van der Waals surface area contributed by atoms with E-state index in [-0.39, 0.29) is 0 Å². The van der Waals surface area contributed by atoms with Crippen molar-refractivity contribution in [3.05, 3.63) is 73.0 Å². The minimum atomic E-state index is 0.791. The molecule has 0 aliphatic carbocycles. The quantitative estimate of drug-likeness (QED) is 0.466. The van der Waals surface area contributed by atoms with E-state index in [1.54, 1.807) is 0 Å². The van der Waals surface area contributed by atoms with Crippen LogP contribution in [0.15, 0.2) is 55.9 Å². The summed E-state index contributed by atoms with van der Waals surface area (Å²) in [5.74, 6) is 0.974. The van der Waals surface area contributed by atoms with Crippen LogP contribution in [0.3, 0.4) is 0 Å². The van der Waals surface area contributed by atoms with Crippen LogP contribution in [0.5, 0.6) is 0 Å². The van der Waals surface area contributed by atoms with Crippen LogP contribution < -0.4 is 0 Å². The highest BCUT2D eigenvalue weighted by atomic mass is 79.9. The van der Waals surface area contributed by atoms with Crippen LogP contribution in [0.4, 0.5) is 0 Å². The molecule has 1 aromatic heterocycles. The number of aromatic nitrogens is 2. The number of rotatable bonds is 3. The maximum Gasteiger partial charge on any atom is 0.111 e. The van der Waals surface area contributed by atoms with E-state index in [2.05, 4.69) is 90.0 Å². The number of H-pyrrole nitrogens is 1. The van der Waals surface area contributed by atoms with E-state index in [4.69, 9.17) is 4.98 Å². The lowest BCUT2D eigenvalue weighted by molar-refractivity contribution is 1.02. The van der Waals surface area contributed by atoms with Crippen LogP contribution in [0, 0.1) is 6.92 Å². The molecule has 0 bridgehead atoms. The van der Waals surface area contributed by atoms with Crippen LogP contribution >= 0.6 is 47.8 Å². The summed E-state index contributed by atoms with van der Waals surface area (Å²) < 4.78 is 3.17. The normalized spacial score (nSPS) is 10.9. The number of benzene rings is 2. The average Bonchev–Trinajstić information content (AvgIpc) is 2.84. The molecule has 0 radical (unpaired) electrons. The molecule has 0 aliphatic rings. The highest BCUT2D eigenvalue weighted by molar-refractivity contribution is 9.11. The van der Waals surface area contributed by atoms with Gasteiger partial charge in [-0.05, 0) is 42.8 Å². The number of hydrogen-bond donors (Lipinski definition) is 1. The van der Waals surface area contributed by atoms with Crippen LogP contribution in [0.25, 0.3) is 11.3 Å². The second-order valence-electron chi connectivity index (χ2n) is 5.08. The first-order valence-corrected chi connectivity index (χ1v) is 9.16. The predicted molar refractivity (Wildman–Crippen MR) is 101 cm³/mol. The van der Waals surface area contributed by atoms with Gasteiger partial charge in [0.25, 0.3) is 0 Å². The number of aryl methyl sites for hydroxylation is 1. The van der Waals surface area contributed by atoms with Gasteiger partial charge >= 0.3 is 0 Å².